The zero-order valence-electron chi connectivity index (χ0n) is 11.8. The van der Waals surface area contributed by atoms with Gasteiger partial charge in [-0.3, -0.25) is 4.79 Å². The first kappa shape index (κ1) is 16.7. The molecule has 0 saturated heterocycles. The topological polar surface area (TPSA) is 68.3 Å². The zero-order chi connectivity index (χ0) is 16.3. The van der Waals surface area contributed by atoms with Crippen LogP contribution in [0.5, 0.6) is 0 Å². The van der Waals surface area contributed by atoms with E-state index in [1.54, 1.807) is 25.1 Å². The third-order valence-electron chi connectivity index (χ3n) is 2.74. The fourth-order valence-electron chi connectivity index (χ4n) is 1.74. The number of aromatic nitrogens is 1. The van der Waals surface area contributed by atoms with E-state index in [0.717, 1.165) is 11.3 Å². The first-order valence-electron chi connectivity index (χ1n) is 6.20. The molecule has 0 fully saturated rings. The van der Waals surface area contributed by atoms with Gasteiger partial charge in [0.1, 0.15) is 10.0 Å². The molecule has 0 aliphatic carbocycles. The Kier molecular flexibility index (Phi) is 5.39. The van der Waals surface area contributed by atoms with Gasteiger partial charge in [-0.2, -0.15) is 0 Å². The molecular formula is C14H12Cl2N2O3S. The number of amides is 1. The van der Waals surface area contributed by atoms with Crippen LogP contribution < -0.4 is 5.32 Å². The normalized spacial score (nSPS) is 10.4. The maximum Gasteiger partial charge on any atom is 0.348 e. The fraction of sp³-hybridized carbons (Fsp3) is 0.214. The second kappa shape index (κ2) is 7.09. The highest BCUT2D eigenvalue weighted by atomic mass is 35.5. The van der Waals surface area contributed by atoms with Crippen molar-refractivity contribution in [2.45, 2.75) is 13.3 Å². The lowest BCUT2D eigenvalue weighted by Crippen LogP contribution is -2.14. The van der Waals surface area contributed by atoms with Gasteiger partial charge in [0, 0.05) is 16.3 Å². The minimum atomic E-state index is -0.445. The van der Waals surface area contributed by atoms with Gasteiger partial charge in [0.2, 0.25) is 5.91 Å². The molecule has 0 saturated carbocycles. The van der Waals surface area contributed by atoms with Crippen LogP contribution in [0.3, 0.4) is 0 Å². The first-order valence-corrected chi connectivity index (χ1v) is 7.77. The highest BCUT2D eigenvalue weighted by Crippen LogP contribution is 2.26. The predicted molar refractivity (Wildman–Crippen MR) is 87.0 cm³/mol. The summed E-state index contributed by atoms with van der Waals surface area (Å²) < 4.78 is 4.61. The molecule has 116 valence electrons. The Hall–Kier alpha value is -1.63. The van der Waals surface area contributed by atoms with Crippen molar-refractivity contribution in [2.75, 3.05) is 12.4 Å². The van der Waals surface area contributed by atoms with Gasteiger partial charge in [0.25, 0.3) is 0 Å². The second-order valence-corrected chi connectivity index (χ2v) is 6.24. The molecule has 0 bridgehead atoms. The smallest absolute Gasteiger partial charge is 0.348 e. The summed E-state index contributed by atoms with van der Waals surface area (Å²) in [4.78, 5) is 27.9. The molecule has 0 radical (unpaired) electrons. The van der Waals surface area contributed by atoms with Crippen molar-refractivity contribution < 1.29 is 14.3 Å². The third-order valence-corrected chi connectivity index (χ3v) is 4.37. The monoisotopic (exact) mass is 358 g/mol. The summed E-state index contributed by atoms with van der Waals surface area (Å²) in [6.07, 6.45) is -0.00357. The number of anilines is 1. The van der Waals surface area contributed by atoms with Gasteiger partial charge >= 0.3 is 5.97 Å². The number of esters is 1. The molecule has 0 aromatic carbocycles. The molecule has 0 aliphatic heterocycles. The van der Waals surface area contributed by atoms with Crippen molar-refractivity contribution in [2.24, 2.45) is 0 Å². The Balaban J connectivity index is 2.08. The van der Waals surface area contributed by atoms with Crippen LogP contribution in [0.25, 0.3) is 0 Å². The number of nitrogens with one attached hydrogen (secondary N) is 1. The Morgan fingerprint density at radius 2 is 2.09 bits per heavy atom. The first-order chi connectivity index (χ1) is 10.4. The largest absolute Gasteiger partial charge is 0.465 e. The van der Waals surface area contributed by atoms with Gasteiger partial charge in [-0.25, -0.2) is 9.78 Å². The van der Waals surface area contributed by atoms with Crippen LogP contribution in [0.15, 0.2) is 18.2 Å². The molecule has 0 atom stereocenters. The van der Waals surface area contributed by atoms with E-state index in [4.69, 9.17) is 23.2 Å². The quantitative estimate of drug-likeness (QED) is 0.667. The Morgan fingerprint density at radius 1 is 1.36 bits per heavy atom. The van der Waals surface area contributed by atoms with Crippen molar-refractivity contribution in [3.63, 3.8) is 0 Å². The molecule has 1 amide bonds. The number of rotatable bonds is 4. The van der Waals surface area contributed by atoms with E-state index in [2.05, 4.69) is 15.0 Å². The average molecular weight is 359 g/mol. The highest BCUT2D eigenvalue weighted by molar-refractivity contribution is 7.18. The van der Waals surface area contributed by atoms with E-state index in [0.29, 0.717) is 26.2 Å². The van der Waals surface area contributed by atoms with Crippen molar-refractivity contribution in [1.29, 1.82) is 0 Å². The lowest BCUT2D eigenvalue weighted by Gasteiger charge is -2.07. The highest BCUT2D eigenvalue weighted by Gasteiger charge is 2.15. The van der Waals surface area contributed by atoms with Crippen molar-refractivity contribution in [3.05, 3.63) is 44.5 Å². The number of carbonyl (C=O) groups is 2. The lowest BCUT2D eigenvalue weighted by atomic mass is 10.2. The van der Waals surface area contributed by atoms with Crippen LogP contribution in [-0.2, 0) is 16.0 Å². The molecule has 1 N–H and O–H groups in total. The fourth-order valence-corrected chi connectivity index (χ4v) is 3.24. The molecule has 8 heteroatoms. The Bertz CT molecular complexity index is 708. The van der Waals surface area contributed by atoms with Crippen LogP contribution in [0, 0.1) is 6.92 Å². The molecule has 0 spiro atoms. The molecule has 2 heterocycles. The van der Waals surface area contributed by atoms with Crippen LogP contribution in [0.4, 0.5) is 5.00 Å². The Morgan fingerprint density at radius 3 is 2.73 bits per heavy atom. The SMILES string of the molecule is COC(=O)c1ccc(NC(=O)Cc2c(Cl)cc(C)nc2Cl)s1. The number of methoxy groups -OCH3 is 1. The van der Waals surface area contributed by atoms with Crippen molar-refractivity contribution in [1.82, 2.24) is 4.98 Å². The summed E-state index contributed by atoms with van der Waals surface area (Å²) in [7, 11) is 1.30. The maximum atomic E-state index is 12.1. The zero-order valence-corrected chi connectivity index (χ0v) is 14.1. The number of aryl methyl sites for hydroxylation is 1. The van der Waals surface area contributed by atoms with E-state index < -0.39 is 5.97 Å². The van der Waals surface area contributed by atoms with E-state index in [9.17, 15) is 9.59 Å². The van der Waals surface area contributed by atoms with Crippen LogP contribution in [0.1, 0.15) is 20.9 Å². The molecule has 22 heavy (non-hydrogen) atoms. The summed E-state index contributed by atoms with van der Waals surface area (Å²) in [5, 5.41) is 3.83. The molecule has 0 unspecified atom stereocenters. The predicted octanol–water partition coefficient (Wildman–Crippen LogP) is 3.73. The van der Waals surface area contributed by atoms with Gasteiger partial charge in [0.15, 0.2) is 0 Å². The number of hydrogen-bond donors (Lipinski definition) is 1. The van der Waals surface area contributed by atoms with Crippen LogP contribution in [-0.4, -0.2) is 24.0 Å². The lowest BCUT2D eigenvalue weighted by molar-refractivity contribution is -0.115. The van der Waals surface area contributed by atoms with Gasteiger partial charge in [-0.15, -0.1) is 11.3 Å². The second-order valence-electron chi connectivity index (χ2n) is 4.40. The van der Waals surface area contributed by atoms with Gasteiger partial charge in [0.05, 0.1) is 18.5 Å². The van der Waals surface area contributed by atoms with Gasteiger partial charge < -0.3 is 10.1 Å². The molecular weight excluding hydrogens is 347 g/mol. The van der Waals surface area contributed by atoms with Crippen LogP contribution >= 0.6 is 34.5 Å². The summed E-state index contributed by atoms with van der Waals surface area (Å²) >= 11 is 13.2. The molecule has 5 nitrogen and oxygen atoms in total. The number of ether oxygens (including phenoxy) is 1. The third kappa shape index (κ3) is 3.97. The summed E-state index contributed by atoms with van der Waals surface area (Å²) in [6.45, 7) is 1.77. The van der Waals surface area contributed by atoms with E-state index in [1.807, 2.05) is 0 Å². The minimum absolute atomic E-state index is 0.00357. The van der Waals surface area contributed by atoms with E-state index in [1.165, 1.54) is 7.11 Å². The number of hydrogen-bond acceptors (Lipinski definition) is 5. The van der Waals surface area contributed by atoms with Gasteiger partial charge in [-0.05, 0) is 25.1 Å². The average Bonchev–Trinajstić information content (AvgIpc) is 2.90. The van der Waals surface area contributed by atoms with E-state index >= 15 is 0 Å². The minimum Gasteiger partial charge on any atom is -0.465 e. The molecule has 0 aliphatic rings. The number of pyridine rings is 1. The van der Waals surface area contributed by atoms with Crippen LogP contribution in [0.2, 0.25) is 10.2 Å². The number of carbonyl (C=O) groups excluding carboxylic acids is 2. The van der Waals surface area contributed by atoms with Gasteiger partial charge in [-0.1, -0.05) is 23.2 Å². The van der Waals surface area contributed by atoms with Crippen molar-refractivity contribution >= 4 is 51.4 Å². The van der Waals surface area contributed by atoms with Crippen molar-refractivity contribution in [3.8, 4) is 0 Å². The summed E-state index contributed by atoms with van der Waals surface area (Å²) in [5.74, 6) is -0.743. The molecule has 2 aromatic heterocycles. The Labute approximate surface area is 141 Å². The molecule has 2 aromatic rings. The molecule has 2 rings (SSSR count). The standard InChI is InChI=1S/C14H12Cl2N2O3S/c1-7-5-9(15)8(13(16)17-7)6-11(19)18-12-4-3-10(22-12)14(20)21-2/h3-5H,6H2,1-2H3,(H,18,19). The van der Waals surface area contributed by atoms with E-state index in [-0.39, 0.29) is 17.5 Å². The number of nitrogens with zero attached hydrogens (tertiary/aromatic N) is 1. The summed E-state index contributed by atoms with van der Waals surface area (Å²) in [5.41, 5.74) is 1.15. The maximum absolute atomic E-state index is 12.1. The number of halogens is 2. The summed E-state index contributed by atoms with van der Waals surface area (Å²) in [6, 6.07) is 4.86. The number of thiophene rings is 1.